The number of hydrogen-bond acceptors (Lipinski definition) is 4. The molecule has 2 unspecified atom stereocenters. The summed E-state index contributed by atoms with van der Waals surface area (Å²) in [6, 6.07) is 4.21. The Labute approximate surface area is 135 Å². The van der Waals surface area contributed by atoms with Gasteiger partial charge in [0, 0.05) is 11.6 Å². The smallest absolute Gasteiger partial charge is 0.250 e. The van der Waals surface area contributed by atoms with Gasteiger partial charge in [-0.25, -0.2) is 5.43 Å². The van der Waals surface area contributed by atoms with Gasteiger partial charge < -0.3 is 10.2 Å². The van der Waals surface area contributed by atoms with Crippen molar-refractivity contribution in [3.63, 3.8) is 0 Å². The first-order valence-electron chi connectivity index (χ1n) is 7.83. The average molecular weight is 314 g/mol. The number of nitrogens with one attached hydrogen (secondary N) is 1. The lowest BCUT2D eigenvalue weighted by atomic mass is 9.68. The van der Waals surface area contributed by atoms with E-state index in [0.29, 0.717) is 11.5 Å². The summed E-state index contributed by atoms with van der Waals surface area (Å²) in [6.07, 6.45) is 4.08. The van der Waals surface area contributed by atoms with E-state index in [1.807, 2.05) is 0 Å². The highest BCUT2D eigenvalue weighted by molar-refractivity contribution is 5.89. The van der Waals surface area contributed by atoms with Crippen LogP contribution in [0, 0.1) is 16.7 Å². The van der Waals surface area contributed by atoms with Gasteiger partial charge in [0.2, 0.25) is 5.91 Å². The number of fused-ring (bicyclic) bond motifs is 2. The van der Waals surface area contributed by atoms with E-state index in [1.54, 1.807) is 0 Å². The van der Waals surface area contributed by atoms with Gasteiger partial charge in [-0.2, -0.15) is 5.10 Å². The van der Waals surface area contributed by atoms with Crippen LogP contribution in [0.3, 0.4) is 0 Å². The van der Waals surface area contributed by atoms with E-state index in [9.17, 15) is 15.0 Å². The van der Waals surface area contributed by atoms with Crippen molar-refractivity contribution < 1.29 is 15.0 Å². The molecule has 0 saturated heterocycles. The number of phenolic OH excluding ortho intramolecular Hbond substituents is 2. The van der Waals surface area contributed by atoms with E-state index in [4.69, 9.17) is 0 Å². The number of carbonyl (C=O) groups excluding carboxylic acids is 1. The molecule has 0 spiro atoms. The lowest BCUT2D eigenvalue weighted by Gasteiger charge is -2.36. The topological polar surface area (TPSA) is 81.9 Å². The molecule has 2 aliphatic rings. The molecule has 5 heteroatoms. The van der Waals surface area contributed by atoms with E-state index >= 15 is 0 Å². The first kappa shape index (κ1) is 15.6. The fraction of sp³-hybridized carbons (Fsp3) is 0.444. The zero-order valence-corrected chi connectivity index (χ0v) is 13.5. The average Bonchev–Trinajstić information content (AvgIpc) is 3.01. The summed E-state index contributed by atoms with van der Waals surface area (Å²) in [4.78, 5) is 12.7. The van der Waals surface area contributed by atoms with Crippen LogP contribution in [0.2, 0.25) is 0 Å². The number of amides is 1. The zero-order chi connectivity index (χ0) is 16.8. The van der Waals surface area contributed by atoms with Crippen molar-refractivity contribution in [3.8, 4) is 11.5 Å². The lowest BCUT2D eigenvalue weighted by molar-refractivity contribution is -0.128. The molecule has 23 heavy (non-hydrogen) atoms. The van der Waals surface area contributed by atoms with Gasteiger partial charge in [-0.1, -0.05) is 26.0 Å². The third-order valence-electron chi connectivity index (χ3n) is 5.71. The Hall–Kier alpha value is -2.30. The third-order valence-corrected chi connectivity index (χ3v) is 5.71. The van der Waals surface area contributed by atoms with E-state index < -0.39 is 5.41 Å². The number of nitrogens with zero attached hydrogens (tertiary/aromatic N) is 1. The molecule has 5 nitrogen and oxygen atoms in total. The summed E-state index contributed by atoms with van der Waals surface area (Å²) in [5.74, 6) is 0.272. The van der Waals surface area contributed by atoms with Crippen molar-refractivity contribution in [2.45, 2.75) is 33.1 Å². The first-order chi connectivity index (χ1) is 10.8. The second-order valence-corrected chi connectivity index (χ2v) is 7.16. The van der Waals surface area contributed by atoms with Gasteiger partial charge in [0.15, 0.2) is 0 Å². The Bertz CT molecular complexity index is 708. The molecule has 3 N–H and O–H groups in total. The maximum Gasteiger partial charge on any atom is 0.250 e. The SMILES string of the molecule is C=C1C2(C(=O)NN=Cc3ccc(O)cc3O)CCC(C2)C1(C)C. The Kier molecular flexibility index (Phi) is 3.47. The number of carbonyl (C=O) groups is 1. The molecule has 1 amide bonds. The summed E-state index contributed by atoms with van der Waals surface area (Å²) < 4.78 is 0. The number of phenols is 2. The van der Waals surface area contributed by atoms with Crippen LogP contribution in [0.4, 0.5) is 0 Å². The highest BCUT2D eigenvalue weighted by Crippen LogP contribution is 2.65. The molecular formula is C18H22N2O3. The predicted octanol–water partition coefficient (Wildman–Crippen LogP) is 2.93. The van der Waals surface area contributed by atoms with Gasteiger partial charge in [0.05, 0.1) is 11.6 Å². The molecule has 0 aromatic heterocycles. The van der Waals surface area contributed by atoms with Gasteiger partial charge in [-0.3, -0.25) is 4.79 Å². The minimum atomic E-state index is -0.511. The summed E-state index contributed by atoms with van der Waals surface area (Å²) in [5, 5.41) is 22.9. The molecule has 122 valence electrons. The molecule has 2 atom stereocenters. The van der Waals surface area contributed by atoms with Crippen molar-refractivity contribution in [1.82, 2.24) is 5.43 Å². The predicted molar refractivity (Wildman–Crippen MR) is 88.2 cm³/mol. The molecule has 3 rings (SSSR count). The molecule has 2 bridgehead atoms. The van der Waals surface area contributed by atoms with E-state index in [1.165, 1.54) is 24.4 Å². The Morgan fingerprint density at radius 3 is 2.78 bits per heavy atom. The van der Waals surface area contributed by atoms with Crippen molar-refractivity contribution in [3.05, 3.63) is 35.9 Å². The van der Waals surface area contributed by atoms with Gasteiger partial charge in [-0.15, -0.1) is 0 Å². The molecule has 0 heterocycles. The van der Waals surface area contributed by atoms with Crippen molar-refractivity contribution in [1.29, 1.82) is 0 Å². The third kappa shape index (κ3) is 2.31. The van der Waals surface area contributed by atoms with Gasteiger partial charge in [0.25, 0.3) is 0 Å². The van der Waals surface area contributed by atoms with Crippen molar-refractivity contribution in [2.75, 3.05) is 0 Å². The summed E-state index contributed by atoms with van der Waals surface area (Å²) >= 11 is 0. The van der Waals surface area contributed by atoms with Crippen LogP contribution in [0.15, 0.2) is 35.5 Å². The second-order valence-electron chi connectivity index (χ2n) is 7.16. The Morgan fingerprint density at radius 2 is 2.17 bits per heavy atom. The van der Waals surface area contributed by atoms with Crippen LogP contribution in [0.1, 0.15) is 38.7 Å². The van der Waals surface area contributed by atoms with Crippen LogP contribution < -0.4 is 5.43 Å². The van der Waals surface area contributed by atoms with E-state index in [2.05, 4.69) is 31.0 Å². The molecular weight excluding hydrogens is 292 g/mol. The van der Waals surface area contributed by atoms with E-state index in [0.717, 1.165) is 24.8 Å². The summed E-state index contributed by atoms with van der Waals surface area (Å²) in [7, 11) is 0. The zero-order valence-electron chi connectivity index (χ0n) is 13.5. The van der Waals surface area contributed by atoms with Crippen LogP contribution in [0.5, 0.6) is 11.5 Å². The van der Waals surface area contributed by atoms with E-state index in [-0.39, 0.29) is 22.8 Å². The lowest BCUT2D eigenvalue weighted by Crippen LogP contribution is -2.39. The highest BCUT2D eigenvalue weighted by atomic mass is 16.3. The number of hydrazone groups is 1. The van der Waals surface area contributed by atoms with Gasteiger partial charge in [0.1, 0.15) is 11.5 Å². The normalized spacial score (nSPS) is 28.4. The number of rotatable bonds is 3. The largest absolute Gasteiger partial charge is 0.508 e. The summed E-state index contributed by atoms with van der Waals surface area (Å²) in [5.41, 5.74) is 3.51. The molecule has 2 aliphatic carbocycles. The number of aromatic hydroxyl groups is 2. The molecule has 2 saturated carbocycles. The Balaban J connectivity index is 1.73. The first-order valence-corrected chi connectivity index (χ1v) is 7.83. The van der Waals surface area contributed by atoms with Crippen LogP contribution in [0.25, 0.3) is 0 Å². The van der Waals surface area contributed by atoms with Crippen molar-refractivity contribution >= 4 is 12.1 Å². The fourth-order valence-corrected chi connectivity index (χ4v) is 4.05. The quantitative estimate of drug-likeness (QED) is 0.456. The molecule has 0 radical (unpaired) electrons. The molecule has 1 aromatic rings. The Morgan fingerprint density at radius 1 is 1.43 bits per heavy atom. The highest BCUT2D eigenvalue weighted by Gasteiger charge is 2.60. The standard InChI is InChI=1S/C18H22N2O3/c1-11-17(2,3)13-6-7-18(11,9-13)16(23)20-19-10-12-4-5-14(21)8-15(12)22/h4-5,8,10,13,21-22H,1,6-7,9H2,2-3H3,(H,20,23). The molecule has 2 fully saturated rings. The van der Waals surface area contributed by atoms with Gasteiger partial charge in [-0.05, 0) is 42.7 Å². The van der Waals surface area contributed by atoms with Crippen LogP contribution >= 0.6 is 0 Å². The maximum atomic E-state index is 12.7. The van der Waals surface area contributed by atoms with Gasteiger partial charge >= 0.3 is 0 Å². The number of hydrogen-bond donors (Lipinski definition) is 3. The van der Waals surface area contributed by atoms with Crippen molar-refractivity contribution in [2.24, 2.45) is 21.8 Å². The maximum absolute atomic E-state index is 12.7. The number of benzene rings is 1. The summed E-state index contributed by atoms with van der Waals surface area (Å²) in [6.45, 7) is 8.51. The fourth-order valence-electron chi connectivity index (χ4n) is 4.05. The molecule has 1 aromatic carbocycles. The monoisotopic (exact) mass is 314 g/mol. The van der Waals surface area contributed by atoms with Crippen LogP contribution in [-0.4, -0.2) is 22.3 Å². The minimum absolute atomic E-state index is 0.00543. The van der Waals surface area contributed by atoms with Crippen LogP contribution in [-0.2, 0) is 4.79 Å². The minimum Gasteiger partial charge on any atom is -0.508 e. The second kappa shape index (κ2) is 5.11. The molecule has 0 aliphatic heterocycles.